The van der Waals surface area contributed by atoms with Gasteiger partial charge < -0.3 is 15.4 Å². The molecule has 4 heteroatoms. The van der Waals surface area contributed by atoms with Crippen LogP contribution in [0.15, 0.2) is 0 Å². The summed E-state index contributed by atoms with van der Waals surface area (Å²) in [5.74, 6) is 0.0363. The predicted molar refractivity (Wildman–Crippen MR) is 64.3 cm³/mol. The lowest BCUT2D eigenvalue weighted by Gasteiger charge is -2.34. The molecule has 0 bridgehead atoms. The third kappa shape index (κ3) is 2.74. The number of hydrogen-bond donors (Lipinski definition) is 2. The van der Waals surface area contributed by atoms with Crippen LogP contribution in [0.2, 0.25) is 0 Å². The lowest BCUT2D eigenvalue weighted by Crippen LogP contribution is -2.60. The Labute approximate surface area is 98.1 Å². The second-order valence-corrected chi connectivity index (χ2v) is 5.29. The molecule has 0 spiro atoms. The SMILES string of the molecule is CCNC(C)(C)C(=O)NC1(C)CCOC1C. The third-order valence-electron chi connectivity index (χ3n) is 3.47. The van der Waals surface area contributed by atoms with Crippen molar-refractivity contribution in [3.05, 3.63) is 0 Å². The number of nitrogens with one attached hydrogen (secondary N) is 2. The normalized spacial score (nSPS) is 30.4. The standard InChI is InChI=1S/C12H24N2O2/c1-6-13-11(3,4)10(15)14-12(5)7-8-16-9(12)2/h9,13H,6-8H2,1-5H3,(H,14,15). The number of ether oxygens (including phenoxy) is 1. The topological polar surface area (TPSA) is 50.4 Å². The van der Waals surface area contributed by atoms with Gasteiger partial charge in [0.05, 0.1) is 17.2 Å². The van der Waals surface area contributed by atoms with Crippen LogP contribution in [0.3, 0.4) is 0 Å². The summed E-state index contributed by atoms with van der Waals surface area (Å²) in [7, 11) is 0. The van der Waals surface area contributed by atoms with Gasteiger partial charge in [-0.3, -0.25) is 4.79 Å². The highest BCUT2D eigenvalue weighted by Crippen LogP contribution is 2.25. The van der Waals surface area contributed by atoms with Crippen molar-refractivity contribution < 1.29 is 9.53 Å². The molecule has 94 valence electrons. The number of rotatable bonds is 4. The molecule has 0 aromatic rings. The zero-order chi connectivity index (χ0) is 12.4. The van der Waals surface area contributed by atoms with Crippen LogP contribution < -0.4 is 10.6 Å². The van der Waals surface area contributed by atoms with E-state index in [2.05, 4.69) is 10.6 Å². The summed E-state index contributed by atoms with van der Waals surface area (Å²) < 4.78 is 5.51. The summed E-state index contributed by atoms with van der Waals surface area (Å²) in [6, 6.07) is 0. The quantitative estimate of drug-likeness (QED) is 0.756. The molecule has 4 nitrogen and oxygen atoms in total. The molecule has 1 saturated heterocycles. The first-order valence-electron chi connectivity index (χ1n) is 6.01. The van der Waals surface area contributed by atoms with Crippen LogP contribution in [-0.4, -0.2) is 36.2 Å². The number of amides is 1. The molecule has 2 N–H and O–H groups in total. The predicted octanol–water partition coefficient (Wildman–Crippen LogP) is 1.06. The van der Waals surface area contributed by atoms with E-state index in [1.165, 1.54) is 0 Å². The maximum absolute atomic E-state index is 12.1. The highest BCUT2D eigenvalue weighted by Gasteiger charge is 2.41. The fourth-order valence-corrected chi connectivity index (χ4v) is 1.94. The number of likely N-dealkylation sites (N-methyl/N-ethyl adjacent to an activating group) is 1. The van der Waals surface area contributed by atoms with Crippen molar-refractivity contribution in [2.75, 3.05) is 13.2 Å². The minimum atomic E-state index is -0.528. The molecule has 1 amide bonds. The number of carbonyl (C=O) groups excluding carboxylic acids is 1. The van der Waals surface area contributed by atoms with Gasteiger partial charge in [0.15, 0.2) is 0 Å². The molecule has 1 fully saturated rings. The van der Waals surface area contributed by atoms with E-state index < -0.39 is 5.54 Å². The zero-order valence-electron chi connectivity index (χ0n) is 11.0. The molecular formula is C12H24N2O2. The molecule has 1 aliphatic rings. The Bertz CT molecular complexity index is 266. The second kappa shape index (κ2) is 4.72. The average molecular weight is 228 g/mol. The van der Waals surface area contributed by atoms with Gasteiger partial charge in [-0.15, -0.1) is 0 Å². The summed E-state index contributed by atoms with van der Waals surface area (Å²) in [6.07, 6.45) is 0.955. The van der Waals surface area contributed by atoms with Gasteiger partial charge in [0, 0.05) is 6.61 Å². The Hall–Kier alpha value is -0.610. The van der Waals surface area contributed by atoms with Crippen molar-refractivity contribution in [3.63, 3.8) is 0 Å². The second-order valence-electron chi connectivity index (χ2n) is 5.29. The summed E-state index contributed by atoms with van der Waals surface area (Å²) in [4.78, 5) is 12.1. The molecule has 0 aromatic heterocycles. The van der Waals surface area contributed by atoms with E-state index in [1.807, 2.05) is 34.6 Å². The summed E-state index contributed by atoms with van der Waals surface area (Å²) in [6.45, 7) is 11.4. The van der Waals surface area contributed by atoms with Crippen LogP contribution in [0.4, 0.5) is 0 Å². The molecule has 0 saturated carbocycles. The molecule has 1 heterocycles. The molecule has 1 rings (SSSR count). The molecular weight excluding hydrogens is 204 g/mol. The fourth-order valence-electron chi connectivity index (χ4n) is 1.94. The van der Waals surface area contributed by atoms with E-state index >= 15 is 0 Å². The van der Waals surface area contributed by atoms with Crippen LogP contribution in [-0.2, 0) is 9.53 Å². The first-order valence-corrected chi connectivity index (χ1v) is 6.01. The van der Waals surface area contributed by atoms with Gasteiger partial charge in [-0.1, -0.05) is 6.92 Å². The molecule has 2 unspecified atom stereocenters. The minimum absolute atomic E-state index is 0.0363. The van der Waals surface area contributed by atoms with Gasteiger partial charge in [0.1, 0.15) is 0 Å². The van der Waals surface area contributed by atoms with E-state index in [-0.39, 0.29) is 17.6 Å². The fraction of sp³-hybridized carbons (Fsp3) is 0.917. The zero-order valence-corrected chi connectivity index (χ0v) is 11.0. The van der Waals surface area contributed by atoms with Crippen molar-refractivity contribution in [1.29, 1.82) is 0 Å². The summed E-state index contributed by atoms with van der Waals surface area (Å²) in [5.41, 5.74) is -0.760. The molecule has 2 atom stereocenters. The first kappa shape index (κ1) is 13.5. The molecule has 0 radical (unpaired) electrons. The monoisotopic (exact) mass is 228 g/mol. The summed E-state index contributed by atoms with van der Waals surface area (Å²) in [5, 5.41) is 6.28. The largest absolute Gasteiger partial charge is 0.376 e. The van der Waals surface area contributed by atoms with Gasteiger partial charge in [-0.2, -0.15) is 0 Å². The van der Waals surface area contributed by atoms with E-state index in [0.29, 0.717) is 0 Å². The molecule has 1 aliphatic heterocycles. The first-order chi connectivity index (χ1) is 7.32. The highest BCUT2D eigenvalue weighted by atomic mass is 16.5. The van der Waals surface area contributed by atoms with Crippen LogP contribution in [0.25, 0.3) is 0 Å². The Morgan fingerprint density at radius 3 is 2.62 bits per heavy atom. The van der Waals surface area contributed by atoms with Crippen molar-refractivity contribution in [3.8, 4) is 0 Å². The van der Waals surface area contributed by atoms with Gasteiger partial charge in [-0.05, 0) is 40.7 Å². The lowest BCUT2D eigenvalue weighted by molar-refractivity contribution is -0.128. The molecule has 0 aliphatic carbocycles. The van der Waals surface area contributed by atoms with Crippen LogP contribution in [0.1, 0.15) is 41.0 Å². The Morgan fingerprint density at radius 1 is 1.56 bits per heavy atom. The van der Waals surface area contributed by atoms with E-state index in [1.54, 1.807) is 0 Å². The van der Waals surface area contributed by atoms with Crippen molar-refractivity contribution in [2.24, 2.45) is 0 Å². The van der Waals surface area contributed by atoms with Crippen molar-refractivity contribution >= 4 is 5.91 Å². The van der Waals surface area contributed by atoms with Crippen molar-refractivity contribution in [1.82, 2.24) is 10.6 Å². The van der Waals surface area contributed by atoms with Gasteiger partial charge in [0.2, 0.25) is 5.91 Å². The Balaban J connectivity index is 2.63. The van der Waals surface area contributed by atoms with E-state index in [4.69, 9.17) is 4.74 Å². The Kier molecular flexibility index (Phi) is 3.97. The molecule has 16 heavy (non-hydrogen) atoms. The van der Waals surface area contributed by atoms with Crippen LogP contribution in [0, 0.1) is 0 Å². The average Bonchev–Trinajstić information content (AvgIpc) is 2.46. The van der Waals surface area contributed by atoms with E-state index in [9.17, 15) is 4.79 Å². The van der Waals surface area contributed by atoms with E-state index in [0.717, 1.165) is 19.6 Å². The number of hydrogen-bond acceptors (Lipinski definition) is 3. The van der Waals surface area contributed by atoms with Gasteiger partial charge in [-0.25, -0.2) is 0 Å². The molecule has 0 aromatic carbocycles. The Morgan fingerprint density at radius 2 is 2.19 bits per heavy atom. The smallest absolute Gasteiger partial charge is 0.240 e. The van der Waals surface area contributed by atoms with Gasteiger partial charge in [0.25, 0.3) is 0 Å². The maximum Gasteiger partial charge on any atom is 0.240 e. The third-order valence-corrected chi connectivity index (χ3v) is 3.47. The lowest BCUT2D eigenvalue weighted by atomic mass is 9.92. The van der Waals surface area contributed by atoms with Crippen molar-refractivity contribution in [2.45, 2.75) is 58.2 Å². The van der Waals surface area contributed by atoms with Crippen LogP contribution >= 0.6 is 0 Å². The summed E-state index contributed by atoms with van der Waals surface area (Å²) >= 11 is 0. The highest BCUT2D eigenvalue weighted by molar-refractivity contribution is 5.86. The van der Waals surface area contributed by atoms with Gasteiger partial charge >= 0.3 is 0 Å². The number of carbonyl (C=O) groups is 1. The van der Waals surface area contributed by atoms with Crippen LogP contribution in [0.5, 0.6) is 0 Å². The minimum Gasteiger partial charge on any atom is -0.376 e. The maximum atomic E-state index is 12.1.